The summed E-state index contributed by atoms with van der Waals surface area (Å²) >= 11 is 0. The summed E-state index contributed by atoms with van der Waals surface area (Å²) in [4.78, 5) is 28.8. The predicted molar refractivity (Wildman–Crippen MR) is 78.2 cm³/mol. The van der Waals surface area contributed by atoms with Gasteiger partial charge in [0.2, 0.25) is 0 Å². The molecular formula is C16H18N2O2. The Balaban J connectivity index is 2.42. The molecule has 1 fully saturated rings. The van der Waals surface area contributed by atoms with E-state index in [-0.39, 0.29) is 17.4 Å². The molecule has 0 aromatic carbocycles. The first-order valence-corrected chi connectivity index (χ1v) is 7.11. The smallest absolute Gasteiger partial charge is 0.262 e. The molecule has 0 unspecified atom stereocenters. The molecule has 0 saturated heterocycles. The number of nitrogens with zero attached hydrogens (tertiary/aromatic N) is 2. The molecule has 2 aromatic rings. The summed E-state index contributed by atoms with van der Waals surface area (Å²) in [5.41, 5.74) is 1.83. The van der Waals surface area contributed by atoms with E-state index < -0.39 is 0 Å². The summed E-state index contributed by atoms with van der Waals surface area (Å²) in [7, 11) is 0. The lowest BCUT2D eigenvalue weighted by Gasteiger charge is -2.19. The molecular weight excluding hydrogens is 252 g/mol. The number of aromatic nitrogens is 2. The maximum Gasteiger partial charge on any atom is 0.262 e. The van der Waals surface area contributed by atoms with E-state index in [1.165, 1.54) is 6.92 Å². The molecule has 0 N–H and O–H groups in total. The number of ketones is 1. The molecule has 0 spiro atoms. The summed E-state index contributed by atoms with van der Waals surface area (Å²) in [6.45, 7) is 3.30. The zero-order valence-electron chi connectivity index (χ0n) is 11.8. The second-order valence-electron chi connectivity index (χ2n) is 5.56. The van der Waals surface area contributed by atoms with Crippen LogP contribution in [0.4, 0.5) is 0 Å². The van der Waals surface area contributed by atoms with Gasteiger partial charge in [-0.25, -0.2) is 0 Å². The third kappa shape index (κ3) is 1.87. The van der Waals surface area contributed by atoms with Crippen LogP contribution in [0.15, 0.2) is 23.3 Å². The average molecular weight is 270 g/mol. The molecule has 0 aliphatic heterocycles. The van der Waals surface area contributed by atoms with Crippen LogP contribution in [-0.2, 0) is 0 Å². The predicted octanol–water partition coefficient (Wildman–Crippen LogP) is 3.02. The molecule has 0 radical (unpaired) electrons. The summed E-state index contributed by atoms with van der Waals surface area (Å²) in [6, 6.07) is 2.09. The second-order valence-corrected chi connectivity index (χ2v) is 5.56. The van der Waals surface area contributed by atoms with Crippen molar-refractivity contribution in [3.63, 3.8) is 0 Å². The molecule has 4 nitrogen and oxygen atoms in total. The number of carbonyl (C=O) groups is 1. The topological polar surface area (TPSA) is 52.0 Å². The van der Waals surface area contributed by atoms with Gasteiger partial charge in [0.1, 0.15) is 0 Å². The highest BCUT2D eigenvalue weighted by atomic mass is 16.1. The minimum Gasteiger partial charge on any atom is -0.304 e. The van der Waals surface area contributed by atoms with Crippen molar-refractivity contribution in [1.29, 1.82) is 0 Å². The van der Waals surface area contributed by atoms with E-state index >= 15 is 0 Å². The van der Waals surface area contributed by atoms with Gasteiger partial charge in [-0.1, -0.05) is 12.8 Å². The number of hydrogen-bond donors (Lipinski definition) is 0. The van der Waals surface area contributed by atoms with Crippen molar-refractivity contribution in [2.45, 2.75) is 45.6 Å². The summed E-state index contributed by atoms with van der Waals surface area (Å²) in [5, 5.41) is 0.907. The van der Waals surface area contributed by atoms with Gasteiger partial charge in [0.05, 0.1) is 11.1 Å². The maximum absolute atomic E-state index is 12.8. The zero-order valence-corrected chi connectivity index (χ0v) is 11.8. The first-order chi connectivity index (χ1) is 9.61. The van der Waals surface area contributed by atoms with Crippen molar-refractivity contribution in [1.82, 2.24) is 9.55 Å². The van der Waals surface area contributed by atoms with Crippen LogP contribution in [0, 0.1) is 6.92 Å². The van der Waals surface area contributed by atoms with Crippen molar-refractivity contribution >= 4 is 16.7 Å². The van der Waals surface area contributed by atoms with Crippen LogP contribution in [-0.4, -0.2) is 15.3 Å². The number of pyridine rings is 2. The minimum absolute atomic E-state index is 0.138. The highest BCUT2D eigenvalue weighted by Crippen LogP contribution is 2.31. The van der Waals surface area contributed by atoms with Crippen molar-refractivity contribution in [3.05, 3.63) is 39.9 Å². The number of aryl methyl sites for hydroxylation is 1. The van der Waals surface area contributed by atoms with Crippen LogP contribution < -0.4 is 5.56 Å². The third-order valence-electron chi connectivity index (χ3n) is 4.31. The fourth-order valence-corrected chi connectivity index (χ4v) is 3.35. The molecule has 2 aromatic heterocycles. The fraction of sp³-hybridized carbons (Fsp3) is 0.438. The lowest BCUT2D eigenvalue weighted by Crippen LogP contribution is -2.29. The molecule has 0 amide bonds. The summed E-state index contributed by atoms with van der Waals surface area (Å²) in [5.74, 6) is -0.162. The van der Waals surface area contributed by atoms with Gasteiger partial charge in [-0.05, 0) is 38.3 Å². The van der Waals surface area contributed by atoms with E-state index in [1.807, 2.05) is 17.6 Å². The second kappa shape index (κ2) is 4.85. The number of rotatable bonds is 2. The maximum atomic E-state index is 12.8. The van der Waals surface area contributed by atoms with Gasteiger partial charge in [-0.2, -0.15) is 0 Å². The normalized spacial score (nSPS) is 15.9. The molecule has 4 heteroatoms. The molecule has 1 aliphatic rings. The Morgan fingerprint density at radius 2 is 2.05 bits per heavy atom. The number of fused-ring (bicyclic) bond motifs is 1. The largest absolute Gasteiger partial charge is 0.304 e. The average Bonchev–Trinajstić information content (AvgIpc) is 2.92. The van der Waals surface area contributed by atoms with Crippen LogP contribution in [0.2, 0.25) is 0 Å². The van der Waals surface area contributed by atoms with Crippen LogP contribution in [0.1, 0.15) is 54.6 Å². The van der Waals surface area contributed by atoms with Crippen LogP contribution in [0.3, 0.4) is 0 Å². The summed E-state index contributed by atoms with van der Waals surface area (Å²) in [6.07, 6.45) is 7.78. The van der Waals surface area contributed by atoms with Crippen molar-refractivity contribution < 1.29 is 4.79 Å². The van der Waals surface area contributed by atoms with E-state index in [4.69, 9.17) is 0 Å². The zero-order chi connectivity index (χ0) is 14.3. The van der Waals surface area contributed by atoms with Gasteiger partial charge in [-0.3, -0.25) is 14.6 Å². The van der Waals surface area contributed by atoms with Gasteiger partial charge in [0, 0.05) is 23.8 Å². The minimum atomic E-state index is -0.162. The first kappa shape index (κ1) is 13.0. The molecule has 0 atom stereocenters. The van der Waals surface area contributed by atoms with Crippen molar-refractivity contribution in [2.24, 2.45) is 0 Å². The van der Waals surface area contributed by atoms with E-state index in [2.05, 4.69) is 4.98 Å². The van der Waals surface area contributed by atoms with Crippen molar-refractivity contribution in [2.75, 3.05) is 0 Å². The highest BCUT2D eigenvalue weighted by molar-refractivity contribution is 5.99. The molecule has 1 aliphatic carbocycles. The Morgan fingerprint density at radius 3 is 2.70 bits per heavy atom. The highest BCUT2D eigenvalue weighted by Gasteiger charge is 2.24. The van der Waals surface area contributed by atoms with Gasteiger partial charge in [0.25, 0.3) is 5.56 Å². The van der Waals surface area contributed by atoms with E-state index in [9.17, 15) is 9.59 Å². The van der Waals surface area contributed by atoms with Crippen LogP contribution >= 0.6 is 0 Å². The monoisotopic (exact) mass is 270 g/mol. The molecule has 1 saturated carbocycles. The number of hydrogen-bond acceptors (Lipinski definition) is 3. The standard InChI is InChI=1S/C16H18N2O2/c1-10-13-9-17-8-7-14(13)18(12-5-3-4-6-12)16(20)15(10)11(2)19/h7-9,12H,3-6H2,1-2H3. The molecule has 2 heterocycles. The first-order valence-electron chi connectivity index (χ1n) is 7.11. The third-order valence-corrected chi connectivity index (χ3v) is 4.31. The Hall–Kier alpha value is -1.97. The van der Waals surface area contributed by atoms with E-state index in [0.717, 1.165) is 42.1 Å². The molecule has 0 bridgehead atoms. The summed E-state index contributed by atoms with van der Waals surface area (Å²) < 4.78 is 1.83. The van der Waals surface area contributed by atoms with Crippen LogP contribution in [0.25, 0.3) is 10.9 Å². The van der Waals surface area contributed by atoms with Gasteiger partial charge in [-0.15, -0.1) is 0 Å². The van der Waals surface area contributed by atoms with E-state index in [1.54, 1.807) is 12.4 Å². The molecule has 20 heavy (non-hydrogen) atoms. The number of Topliss-reactive ketones (excluding diaryl/α,β-unsaturated/α-hetero) is 1. The quantitative estimate of drug-likeness (QED) is 0.788. The SMILES string of the molecule is CC(=O)c1c(C)c2cnccc2n(C2CCCC2)c1=O. The number of carbonyl (C=O) groups excluding carboxylic acids is 1. The van der Waals surface area contributed by atoms with Gasteiger partial charge < -0.3 is 4.57 Å². The molecule has 3 rings (SSSR count). The van der Waals surface area contributed by atoms with E-state index in [0.29, 0.717) is 5.56 Å². The van der Waals surface area contributed by atoms with Gasteiger partial charge in [0.15, 0.2) is 5.78 Å². The Morgan fingerprint density at radius 1 is 1.35 bits per heavy atom. The van der Waals surface area contributed by atoms with Crippen molar-refractivity contribution in [3.8, 4) is 0 Å². The Labute approximate surface area is 117 Å². The lowest BCUT2D eigenvalue weighted by molar-refractivity contribution is 0.101. The van der Waals surface area contributed by atoms with Crippen LogP contribution in [0.5, 0.6) is 0 Å². The Kier molecular flexibility index (Phi) is 3.16. The molecule has 104 valence electrons. The lowest BCUT2D eigenvalue weighted by atomic mass is 10.0. The fourth-order valence-electron chi connectivity index (χ4n) is 3.35. The van der Waals surface area contributed by atoms with Gasteiger partial charge >= 0.3 is 0 Å². The Bertz CT molecular complexity index is 740.